The van der Waals surface area contributed by atoms with Crippen molar-refractivity contribution in [1.29, 1.82) is 0 Å². The second kappa shape index (κ2) is 13.4. The molecule has 202 valence electrons. The van der Waals surface area contributed by atoms with Crippen molar-refractivity contribution in [2.24, 2.45) is 23.7 Å². The lowest BCUT2D eigenvalue weighted by Gasteiger charge is -2.34. The highest BCUT2D eigenvalue weighted by molar-refractivity contribution is 5.83. The Morgan fingerprint density at radius 2 is 1.39 bits per heavy atom. The van der Waals surface area contributed by atoms with Crippen molar-refractivity contribution in [3.63, 3.8) is 0 Å². The Balaban J connectivity index is 3.52. The monoisotopic (exact) mass is 507 g/mol. The van der Waals surface area contributed by atoms with Crippen molar-refractivity contribution >= 4 is 23.9 Å². The minimum Gasteiger partial charge on any atom is -0.477 e. The molecule has 2 N–H and O–H groups in total. The Morgan fingerprint density at radius 1 is 0.861 bits per heavy atom. The molecule has 0 aliphatic heterocycles. The number of esters is 3. The van der Waals surface area contributed by atoms with Crippen LogP contribution in [0.25, 0.3) is 0 Å². The molecule has 0 aliphatic carbocycles. The summed E-state index contributed by atoms with van der Waals surface area (Å²) in [5, 5.41) is 13.2. The zero-order valence-corrected chi connectivity index (χ0v) is 22.8. The van der Waals surface area contributed by atoms with Crippen molar-refractivity contribution in [1.82, 2.24) is 5.32 Å². The van der Waals surface area contributed by atoms with Gasteiger partial charge in [-0.3, -0.25) is 19.7 Å². The Morgan fingerprint density at radius 3 is 1.83 bits per heavy atom. The van der Waals surface area contributed by atoms with Crippen LogP contribution in [0.5, 0.6) is 11.5 Å². The van der Waals surface area contributed by atoms with Crippen molar-refractivity contribution in [3.05, 3.63) is 23.8 Å². The fourth-order valence-electron chi connectivity index (χ4n) is 2.90. The Hall–Kier alpha value is -2.94. The molecule has 36 heavy (non-hydrogen) atoms. The van der Waals surface area contributed by atoms with Crippen molar-refractivity contribution in [3.8, 4) is 11.5 Å². The first kappa shape index (κ1) is 31.1. The molecular formula is C27H41NO8. The van der Waals surface area contributed by atoms with Gasteiger partial charge in [0.25, 0.3) is 5.72 Å². The molecule has 0 spiro atoms. The summed E-state index contributed by atoms with van der Waals surface area (Å²) < 4.78 is 16.5. The molecule has 0 bridgehead atoms. The van der Waals surface area contributed by atoms with Gasteiger partial charge in [-0.25, -0.2) is 4.79 Å². The quantitative estimate of drug-likeness (QED) is 0.227. The molecule has 0 heterocycles. The summed E-state index contributed by atoms with van der Waals surface area (Å²) in [5.41, 5.74) is -1.67. The smallest absolute Gasteiger partial charge is 0.364 e. The minimum absolute atomic E-state index is 0.0232. The third-order valence-electron chi connectivity index (χ3n) is 5.91. The molecule has 1 rings (SSSR count). The van der Waals surface area contributed by atoms with E-state index in [0.717, 1.165) is 0 Å². The summed E-state index contributed by atoms with van der Waals surface area (Å²) in [6.45, 7) is 15.7. The summed E-state index contributed by atoms with van der Waals surface area (Å²) >= 11 is 0. The lowest BCUT2D eigenvalue weighted by Crippen LogP contribution is -2.60. The lowest BCUT2D eigenvalue weighted by molar-refractivity contribution is -0.188. The number of nitrogens with one attached hydrogen (secondary N) is 1. The molecule has 3 atom stereocenters. The minimum atomic E-state index is -2.06. The van der Waals surface area contributed by atoms with E-state index in [4.69, 9.17) is 14.2 Å². The average molecular weight is 508 g/mol. The van der Waals surface area contributed by atoms with Gasteiger partial charge in [-0.1, -0.05) is 61.5 Å². The highest BCUT2D eigenvalue weighted by Crippen LogP contribution is 2.32. The van der Waals surface area contributed by atoms with Crippen molar-refractivity contribution in [2.45, 2.75) is 86.9 Å². The van der Waals surface area contributed by atoms with Gasteiger partial charge in [-0.15, -0.1) is 0 Å². The van der Waals surface area contributed by atoms with Gasteiger partial charge in [0.1, 0.15) is 0 Å². The van der Waals surface area contributed by atoms with Crippen molar-refractivity contribution < 1.29 is 38.5 Å². The van der Waals surface area contributed by atoms with E-state index < -0.39 is 47.4 Å². The van der Waals surface area contributed by atoms with Gasteiger partial charge in [-0.2, -0.15) is 0 Å². The molecule has 0 radical (unpaired) electrons. The molecule has 0 aromatic heterocycles. The summed E-state index contributed by atoms with van der Waals surface area (Å²) in [5.74, 6) is -4.50. The predicted octanol–water partition coefficient (Wildman–Crippen LogP) is 4.36. The summed E-state index contributed by atoms with van der Waals surface area (Å²) in [6, 6.07) is 4.13. The summed E-state index contributed by atoms with van der Waals surface area (Å²) in [7, 11) is 0. The molecule has 1 aromatic carbocycles. The second-order valence-corrected chi connectivity index (χ2v) is 10.1. The van der Waals surface area contributed by atoms with E-state index in [-0.39, 0.29) is 29.9 Å². The van der Waals surface area contributed by atoms with Gasteiger partial charge < -0.3 is 19.3 Å². The molecule has 0 amide bonds. The Bertz CT molecular complexity index is 940. The van der Waals surface area contributed by atoms with Gasteiger partial charge >= 0.3 is 23.9 Å². The number of benzene rings is 1. The van der Waals surface area contributed by atoms with Crippen LogP contribution in [0.2, 0.25) is 0 Å². The normalized spacial score (nSPS) is 14.8. The number of ether oxygens (including phenoxy) is 3. The first-order valence-electron chi connectivity index (χ1n) is 12.4. The number of carboxylic acids is 1. The standard InChI is InChI=1S/C27H41NO8/c1-10-18(8)28-27(26(32)33,36-25(31)19(9)15(2)3)14-20-11-12-21(34-23(29)16(4)5)22(13-20)35-24(30)17(6)7/h11-13,15-19,28H,10,14H2,1-9H3,(H,32,33)/t18?,19?,27-/m0/s1. The van der Waals surface area contributed by atoms with Crippen LogP contribution < -0.4 is 14.8 Å². The highest BCUT2D eigenvalue weighted by atomic mass is 16.6. The molecule has 2 unspecified atom stereocenters. The number of aliphatic carboxylic acids is 1. The fraction of sp³-hybridized carbons (Fsp3) is 0.630. The number of hydrogen-bond donors (Lipinski definition) is 2. The van der Waals surface area contributed by atoms with Gasteiger partial charge in [0.15, 0.2) is 11.5 Å². The van der Waals surface area contributed by atoms with Crippen LogP contribution in [0.3, 0.4) is 0 Å². The zero-order chi connectivity index (χ0) is 27.8. The molecule has 9 heteroatoms. The van der Waals surface area contributed by atoms with Gasteiger partial charge in [0.05, 0.1) is 17.8 Å². The number of carboxylic acid groups (broad SMARTS) is 1. The summed E-state index contributed by atoms with van der Waals surface area (Å²) in [4.78, 5) is 49.9. The van der Waals surface area contributed by atoms with Crippen LogP contribution in [0.4, 0.5) is 0 Å². The maximum absolute atomic E-state index is 12.8. The number of carbonyl (C=O) groups is 4. The van der Waals surface area contributed by atoms with E-state index in [1.54, 1.807) is 47.6 Å². The van der Waals surface area contributed by atoms with Crippen LogP contribution >= 0.6 is 0 Å². The fourth-order valence-corrected chi connectivity index (χ4v) is 2.90. The van der Waals surface area contributed by atoms with E-state index in [1.165, 1.54) is 12.1 Å². The molecule has 9 nitrogen and oxygen atoms in total. The van der Waals surface area contributed by atoms with E-state index in [0.29, 0.717) is 12.0 Å². The SMILES string of the molecule is CCC(C)N[C@@](Cc1ccc(OC(=O)C(C)C)c(OC(=O)C(C)C)c1)(OC(=O)C(C)C(C)C)C(=O)O. The first-order chi connectivity index (χ1) is 16.6. The van der Waals surface area contributed by atoms with Gasteiger partial charge in [0, 0.05) is 12.5 Å². The van der Waals surface area contributed by atoms with Crippen LogP contribution in [0.1, 0.15) is 74.3 Å². The lowest BCUT2D eigenvalue weighted by atomic mass is 9.97. The number of rotatable bonds is 13. The van der Waals surface area contributed by atoms with Crippen LogP contribution in [-0.4, -0.2) is 40.8 Å². The third-order valence-corrected chi connectivity index (χ3v) is 5.91. The maximum atomic E-state index is 12.8. The summed E-state index contributed by atoms with van der Waals surface area (Å²) in [6.07, 6.45) is 0.335. The third kappa shape index (κ3) is 8.62. The Kier molecular flexibility index (Phi) is 11.6. The predicted molar refractivity (Wildman–Crippen MR) is 134 cm³/mol. The molecular weight excluding hydrogens is 466 g/mol. The van der Waals surface area contributed by atoms with Crippen LogP contribution in [0, 0.1) is 23.7 Å². The molecule has 0 fully saturated rings. The molecule has 0 aliphatic rings. The average Bonchev–Trinajstić information content (AvgIpc) is 2.79. The van der Waals surface area contributed by atoms with Crippen molar-refractivity contribution in [2.75, 3.05) is 0 Å². The maximum Gasteiger partial charge on any atom is 0.364 e. The van der Waals surface area contributed by atoms with E-state index in [2.05, 4.69) is 5.32 Å². The topological polar surface area (TPSA) is 128 Å². The number of carbonyl (C=O) groups excluding carboxylic acids is 3. The van der Waals surface area contributed by atoms with Crippen LogP contribution in [-0.2, 0) is 30.3 Å². The van der Waals surface area contributed by atoms with Gasteiger partial charge in [-0.05, 0) is 37.0 Å². The second-order valence-electron chi connectivity index (χ2n) is 10.1. The highest BCUT2D eigenvalue weighted by Gasteiger charge is 2.45. The van der Waals surface area contributed by atoms with Gasteiger partial charge in [0.2, 0.25) is 0 Å². The zero-order valence-electron chi connectivity index (χ0n) is 22.8. The molecule has 1 aromatic rings. The first-order valence-corrected chi connectivity index (χ1v) is 12.4. The van der Waals surface area contributed by atoms with E-state index >= 15 is 0 Å². The van der Waals surface area contributed by atoms with E-state index in [1.807, 2.05) is 20.8 Å². The van der Waals surface area contributed by atoms with Crippen LogP contribution in [0.15, 0.2) is 18.2 Å². The molecule has 0 saturated carbocycles. The van der Waals surface area contributed by atoms with E-state index in [9.17, 15) is 24.3 Å². The number of hydrogen-bond acceptors (Lipinski definition) is 8. The Labute approximate surface area is 213 Å². The molecule has 0 saturated heterocycles. The largest absolute Gasteiger partial charge is 0.477 e.